The lowest BCUT2D eigenvalue weighted by Gasteiger charge is -2.30. The molecule has 0 aliphatic carbocycles. The van der Waals surface area contributed by atoms with E-state index in [0.717, 1.165) is 37.3 Å². The topological polar surface area (TPSA) is 70.4 Å². The van der Waals surface area contributed by atoms with Crippen LogP contribution in [0.15, 0.2) is 45.6 Å². The van der Waals surface area contributed by atoms with E-state index in [1.165, 1.54) is 0 Å². The maximum absolute atomic E-state index is 13.2. The molecule has 31 heavy (non-hydrogen) atoms. The van der Waals surface area contributed by atoms with Crippen molar-refractivity contribution < 1.29 is 23.4 Å². The van der Waals surface area contributed by atoms with Gasteiger partial charge in [0.25, 0.3) is 0 Å². The Kier molecular flexibility index (Phi) is 5.29. The van der Waals surface area contributed by atoms with Crippen LogP contribution in [0.5, 0.6) is 23.0 Å². The molecule has 0 bridgehead atoms. The standard InChI is InChI=1S/C24H25NO6/c1-15-23(31-17-7-5-16(27-2)6-8-17)22(26)19-9-10-21-20(24(19)30-15)13-25(14-29-21)12-18-4-3-11-28-18/h5-10,18H,3-4,11-14H2,1-2H3/t18-/m0/s1. The molecule has 0 saturated carbocycles. The van der Waals surface area contributed by atoms with E-state index in [1.54, 1.807) is 44.4 Å². The van der Waals surface area contributed by atoms with Gasteiger partial charge in [0.15, 0.2) is 0 Å². The summed E-state index contributed by atoms with van der Waals surface area (Å²) in [7, 11) is 1.60. The van der Waals surface area contributed by atoms with Gasteiger partial charge in [-0.05, 0) is 56.2 Å². The largest absolute Gasteiger partial charge is 0.497 e. The Morgan fingerprint density at radius 3 is 2.68 bits per heavy atom. The highest BCUT2D eigenvalue weighted by Crippen LogP contribution is 2.34. The molecular formula is C24H25NO6. The van der Waals surface area contributed by atoms with Gasteiger partial charge in [0.05, 0.1) is 24.2 Å². The number of nitrogens with zero attached hydrogens (tertiary/aromatic N) is 1. The lowest BCUT2D eigenvalue weighted by Crippen LogP contribution is -2.37. The van der Waals surface area contributed by atoms with E-state index in [1.807, 2.05) is 6.07 Å². The highest BCUT2D eigenvalue weighted by molar-refractivity contribution is 5.83. The highest BCUT2D eigenvalue weighted by Gasteiger charge is 2.27. The van der Waals surface area contributed by atoms with Gasteiger partial charge in [-0.15, -0.1) is 0 Å². The summed E-state index contributed by atoms with van der Waals surface area (Å²) in [5.41, 5.74) is 1.24. The molecule has 162 valence electrons. The normalized spacial score (nSPS) is 18.6. The van der Waals surface area contributed by atoms with Gasteiger partial charge in [0.2, 0.25) is 11.2 Å². The van der Waals surface area contributed by atoms with Crippen molar-refractivity contribution in [3.8, 4) is 23.0 Å². The number of ether oxygens (including phenoxy) is 4. The number of fused-ring (bicyclic) bond motifs is 3. The zero-order valence-electron chi connectivity index (χ0n) is 17.7. The smallest absolute Gasteiger partial charge is 0.235 e. The van der Waals surface area contributed by atoms with Crippen LogP contribution in [0.25, 0.3) is 11.0 Å². The van der Waals surface area contributed by atoms with E-state index < -0.39 is 0 Å². The Morgan fingerprint density at radius 2 is 1.94 bits per heavy atom. The van der Waals surface area contributed by atoms with E-state index in [4.69, 9.17) is 23.4 Å². The fraction of sp³-hybridized carbons (Fsp3) is 0.375. The first-order chi connectivity index (χ1) is 15.1. The number of methoxy groups -OCH3 is 1. The summed E-state index contributed by atoms with van der Waals surface area (Å²) in [6.45, 7) is 4.52. The lowest BCUT2D eigenvalue weighted by molar-refractivity contribution is 0.0281. The summed E-state index contributed by atoms with van der Waals surface area (Å²) in [6, 6.07) is 10.7. The van der Waals surface area contributed by atoms with E-state index in [-0.39, 0.29) is 17.3 Å². The monoisotopic (exact) mass is 423 g/mol. The van der Waals surface area contributed by atoms with E-state index in [9.17, 15) is 4.79 Å². The zero-order valence-corrected chi connectivity index (χ0v) is 17.7. The third kappa shape index (κ3) is 3.86. The number of hydrogen-bond donors (Lipinski definition) is 0. The van der Waals surface area contributed by atoms with Gasteiger partial charge in [-0.25, -0.2) is 0 Å². The summed E-state index contributed by atoms with van der Waals surface area (Å²) in [4.78, 5) is 15.4. The molecule has 3 heterocycles. The predicted molar refractivity (Wildman–Crippen MR) is 115 cm³/mol. The average Bonchev–Trinajstić information content (AvgIpc) is 3.30. The minimum absolute atomic E-state index is 0.186. The Bertz CT molecular complexity index is 1150. The quantitative estimate of drug-likeness (QED) is 0.608. The summed E-state index contributed by atoms with van der Waals surface area (Å²) >= 11 is 0. The van der Waals surface area contributed by atoms with Crippen LogP contribution in [0.2, 0.25) is 0 Å². The minimum atomic E-state index is -0.200. The van der Waals surface area contributed by atoms with Crippen LogP contribution in [0.3, 0.4) is 0 Å². The molecule has 1 fully saturated rings. The molecule has 7 nitrogen and oxygen atoms in total. The number of rotatable bonds is 5. The Morgan fingerprint density at radius 1 is 1.13 bits per heavy atom. The first-order valence-electron chi connectivity index (χ1n) is 10.5. The van der Waals surface area contributed by atoms with Crippen LogP contribution in [0.1, 0.15) is 24.2 Å². The molecule has 2 aliphatic rings. The van der Waals surface area contributed by atoms with Crippen molar-refractivity contribution in [3.05, 3.63) is 57.9 Å². The number of benzene rings is 2. The molecule has 1 saturated heterocycles. The SMILES string of the molecule is COc1ccc(Oc2c(C)oc3c4c(ccc3c2=O)OCN(C[C@@H]2CCCO2)C4)cc1. The Labute approximate surface area is 180 Å². The van der Waals surface area contributed by atoms with Gasteiger partial charge in [-0.1, -0.05) is 0 Å². The molecule has 1 aromatic heterocycles. The van der Waals surface area contributed by atoms with Crippen LogP contribution >= 0.6 is 0 Å². The van der Waals surface area contributed by atoms with Crippen LogP contribution in [0, 0.1) is 6.92 Å². The molecule has 1 atom stereocenters. The predicted octanol–water partition coefficient (Wildman–Crippen LogP) is 4.23. The Balaban J connectivity index is 1.47. The van der Waals surface area contributed by atoms with Crippen molar-refractivity contribution in [2.75, 3.05) is 27.0 Å². The molecule has 5 rings (SSSR count). The maximum atomic E-state index is 13.2. The fourth-order valence-electron chi connectivity index (χ4n) is 4.18. The molecular weight excluding hydrogens is 398 g/mol. The van der Waals surface area contributed by atoms with Crippen molar-refractivity contribution in [1.29, 1.82) is 0 Å². The van der Waals surface area contributed by atoms with Crippen molar-refractivity contribution >= 4 is 11.0 Å². The second kappa shape index (κ2) is 8.24. The third-order valence-electron chi connectivity index (χ3n) is 5.79. The molecule has 7 heteroatoms. The molecule has 0 amide bonds. The van der Waals surface area contributed by atoms with Crippen molar-refractivity contribution in [2.45, 2.75) is 32.4 Å². The Hall–Kier alpha value is -3.03. The van der Waals surface area contributed by atoms with Crippen molar-refractivity contribution in [1.82, 2.24) is 4.90 Å². The summed E-state index contributed by atoms with van der Waals surface area (Å²) in [5, 5.41) is 0.482. The average molecular weight is 423 g/mol. The van der Waals surface area contributed by atoms with Crippen molar-refractivity contribution in [2.24, 2.45) is 0 Å². The van der Waals surface area contributed by atoms with E-state index in [0.29, 0.717) is 41.5 Å². The summed E-state index contributed by atoms with van der Waals surface area (Å²) in [6.07, 6.45) is 2.40. The molecule has 0 radical (unpaired) electrons. The molecule has 0 unspecified atom stereocenters. The van der Waals surface area contributed by atoms with Gasteiger partial charge in [0.1, 0.15) is 35.3 Å². The van der Waals surface area contributed by atoms with Gasteiger partial charge in [-0.3, -0.25) is 9.69 Å². The zero-order chi connectivity index (χ0) is 21.4. The first kappa shape index (κ1) is 19.9. The molecule has 3 aromatic rings. The number of hydrogen-bond acceptors (Lipinski definition) is 7. The molecule has 2 aromatic carbocycles. The minimum Gasteiger partial charge on any atom is -0.497 e. The van der Waals surface area contributed by atoms with Gasteiger partial charge >= 0.3 is 0 Å². The summed E-state index contributed by atoms with van der Waals surface area (Å²) < 4.78 is 28.9. The van der Waals surface area contributed by atoms with Crippen LogP contribution in [-0.4, -0.2) is 38.0 Å². The van der Waals surface area contributed by atoms with Crippen molar-refractivity contribution in [3.63, 3.8) is 0 Å². The summed E-state index contributed by atoms with van der Waals surface area (Å²) in [5.74, 6) is 2.62. The highest BCUT2D eigenvalue weighted by atomic mass is 16.5. The van der Waals surface area contributed by atoms with E-state index >= 15 is 0 Å². The second-order valence-electron chi connectivity index (χ2n) is 7.93. The van der Waals surface area contributed by atoms with Gasteiger partial charge in [-0.2, -0.15) is 0 Å². The molecule has 2 aliphatic heterocycles. The van der Waals surface area contributed by atoms with Crippen LogP contribution in [0.4, 0.5) is 0 Å². The van der Waals surface area contributed by atoms with E-state index in [2.05, 4.69) is 4.90 Å². The van der Waals surface area contributed by atoms with Gasteiger partial charge in [0, 0.05) is 19.7 Å². The first-order valence-corrected chi connectivity index (χ1v) is 10.5. The second-order valence-corrected chi connectivity index (χ2v) is 7.93. The third-order valence-corrected chi connectivity index (χ3v) is 5.79. The molecule has 0 spiro atoms. The number of aryl methyl sites for hydroxylation is 1. The fourth-order valence-corrected chi connectivity index (χ4v) is 4.18. The van der Waals surface area contributed by atoms with Gasteiger partial charge < -0.3 is 23.4 Å². The van der Waals surface area contributed by atoms with Crippen LogP contribution < -0.4 is 19.6 Å². The lowest BCUT2D eigenvalue weighted by atomic mass is 10.1. The van der Waals surface area contributed by atoms with Crippen LogP contribution in [-0.2, 0) is 11.3 Å². The maximum Gasteiger partial charge on any atom is 0.235 e. The molecule has 0 N–H and O–H groups in total.